The summed E-state index contributed by atoms with van der Waals surface area (Å²) in [7, 11) is 0. The largest absolute Gasteiger partial charge is 0.334 e. The molecule has 2 atom stereocenters. The van der Waals surface area contributed by atoms with Gasteiger partial charge in [-0.05, 0) is 140 Å². The number of hydrogen-bond donors (Lipinski definition) is 0. The zero-order chi connectivity index (χ0) is 50.0. The Kier molecular flexibility index (Phi) is 8.79. The maximum Gasteiger partial charge on any atom is 0.252 e. The second kappa shape index (κ2) is 14.2. The van der Waals surface area contributed by atoms with E-state index in [0.29, 0.717) is 0 Å². The molecule has 0 spiro atoms. The van der Waals surface area contributed by atoms with E-state index in [1.165, 1.54) is 145 Å². The molecule has 0 N–H and O–H groups in total. The molecule has 7 aromatic carbocycles. The van der Waals surface area contributed by atoms with Crippen LogP contribution in [0.3, 0.4) is 0 Å². The molecule has 5 heterocycles. The maximum atomic E-state index is 2.81. The molecule has 3 aliphatic heterocycles. The van der Waals surface area contributed by atoms with Gasteiger partial charge in [-0.15, -0.1) is 11.3 Å². The van der Waals surface area contributed by atoms with Crippen molar-refractivity contribution in [3.63, 3.8) is 0 Å². The van der Waals surface area contributed by atoms with E-state index in [-0.39, 0.29) is 39.3 Å². The second-order valence-corrected chi connectivity index (χ2v) is 27.6. The highest BCUT2D eigenvalue weighted by Crippen LogP contribution is 2.62. The lowest BCUT2D eigenvalue weighted by Crippen LogP contribution is -2.61. The van der Waals surface area contributed by atoms with E-state index >= 15 is 0 Å². The minimum atomic E-state index is -0.175. The first kappa shape index (κ1) is 44.6. The van der Waals surface area contributed by atoms with Crippen molar-refractivity contribution in [1.82, 2.24) is 4.57 Å². The topological polar surface area (TPSA) is 11.4 Å². The SMILES string of the molecule is CC(C)(C)c1cc2c3c(c1)-n1c4c(c5cc(C(C)(C)C)cc(c51)B3c1ccc(N3c5ccc(C(C)(C)C)cc5C5(C)CCCCC35C)cc1N2c1cccc2sc3ccccc3c12)C(C)(C)c1ccccc1-4. The second-order valence-electron chi connectivity index (χ2n) is 26.5. The predicted molar refractivity (Wildman–Crippen MR) is 312 cm³/mol. The molecule has 2 aromatic heterocycles. The molecule has 2 aliphatic carbocycles. The normalized spacial score (nSPS) is 20.5. The molecule has 360 valence electrons. The Hall–Kier alpha value is -6.04. The third kappa shape index (κ3) is 5.64. The Bertz CT molecular complexity index is 3860. The standard InChI is InChI=1S/C67H68BN3S/c1-62(2,3)39-27-30-50-47(34-39)66(12)31-18-19-32-67(66,13)71(50)42-28-29-48-52(38-42)69(51-24-20-26-56-57(51)44-22-15-17-25-55(44)72-56)53-36-41(64(7,8)9)37-54-59(53)68(48)49-35-40(63(4,5)6)33-45-58-61(70(54)60(45)49)43-21-14-16-23-46(43)65(58,10)11/h14-17,20-30,33-38H,18-19,31-32H2,1-13H3. The molecule has 0 amide bonds. The fraction of sp³-hybridized carbons (Fsp3) is 0.343. The first-order valence-electron chi connectivity index (χ1n) is 26.9. The Balaban J connectivity index is 1.13. The summed E-state index contributed by atoms with van der Waals surface area (Å²) < 4.78 is 5.41. The van der Waals surface area contributed by atoms with Crippen LogP contribution < -0.4 is 26.2 Å². The quantitative estimate of drug-likeness (QED) is 0.160. The summed E-state index contributed by atoms with van der Waals surface area (Å²) in [6, 6.07) is 51.1. The highest BCUT2D eigenvalue weighted by Gasteiger charge is 2.58. The summed E-state index contributed by atoms with van der Waals surface area (Å²) in [6.45, 7) is 31.7. The van der Waals surface area contributed by atoms with E-state index in [2.05, 4.69) is 232 Å². The number of fused-ring (bicyclic) bond motifs is 15. The van der Waals surface area contributed by atoms with Crippen LogP contribution in [-0.2, 0) is 27.1 Å². The van der Waals surface area contributed by atoms with Gasteiger partial charge in [-0.3, -0.25) is 0 Å². The summed E-state index contributed by atoms with van der Waals surface area (Å²) in [6.07, 6.45) is 4.87. The Morgan fingerprint density at radius 3 is 2.00 bits per heavy atom. The van der Waals surface area contributed by atoms with Gasteiger partial charge >= 0.3 is 0 Å². The molecule has 0 bridgehead atoms. The van der Waals surface area contributed by atoms with Crippen LogP contribution in [0.15, 0.2) is 127 Å². The van der Waals surface area contributed by atoms with Gasteiger partial charge < -0.3 is 14.4 Å². The van der Waals surface area contributed by atoms with Gasteiger partial charge in [-0.2, -0.15) is 0 Å². The van der Waals surface area contributed by atoms with Crippen molar-refractivity contribution in [2.75, 3.05) is 9.80 Å². The summed E-state index contributed by atoms with van der Waals surface area (Å²) in [5, 5.41) is 4.07. The van der Waals surface area contributed by atoms with Crippen LogP contribution in [0.4, 0.5) is 28.4 Å². The molecule has 14 rings (SSSR count). The molecule has 1 fully saturated rings. The molecule has 0 radical (unpaired) electrons. The molecule has 1 saturated carbocycles. The smallest absolute Gasteiger partial charge is 0.252 e. The van der Waals surface area contributed by atoms with Crippen molar-refractivity contribution in [3.8, 4) is 16.9 Å². The van der Waals surface area contributed by atoms with Crippen molar-refractivity contribution >= 4 is 94.0 Å². The number of rotatable bonds is 2. The highest BCUT2D eigenvalue weighted by molar-refractivity contribution is 7.26. The van der Waals surface area contributed by atoms with E-state index in [0.717, 1.165) is 6.42 Å². The van der Waals surface area contributed by atoms with Gasteiger partial charge in [0, 0.05) is 75.9 Å². The minimum absolute atomic E-state index is 0.0162. The third-order valence-electron chi connectivity index (χ3n) is 18.9. The first-order chi connectivity index (χ1) is 34.1. The van der Waals surface area contributed by atoms with Crippen molar-refractivity contribution in [2.45, 2.75) is 148 Å². The van der Waals surface area contributed by atoms with Gasteiger partial charge in [0.25, 0.3) is 6.71 Å². The van der Waals surface area contributed by atoms with Crippen LogP contribution in [0.1, 0.15) is 149 Å². The third-order valence-corrected chi connectivity index (χ3v) is 20.1. The van der Waals surface area contributed by atoms with Crippen LogP contribution in [0.5, 0.6) is 0 Å². The molecule has 5 aliphatic rings. The summed E-state index contributed by atoms with van der Waals surface area (Å²) >= 11 is 1.92. The van der Waals surface area contributed by atoms with Crippen LogP contribution >= 0.6 is 11.3 Å². The van der Waals surface area contributed by atoms with Crippen molar-refractivity contribution in [2.24, 2.45) is 0 Å². The van der Waals surface area contributed by atoms with Gasteiger partial charge in [0.05, 0.1) is 16.9 Å². The predicted octanol–water partition coefficient (Wildman–Crippen LogP) is 16.6. The van der Waals surface area contributed by atoms with E-state index < -0.39 is 0 Å². The van der Waals surface area contributed by atoms with E-state index in [4.69, 9.17) is 0 Å². The van der Waals surface area contributed by atoms with E-state index in [9.17, 15) is 0 Å². The molecular formula is C67H68BN3S. The number of benzene rings is 7. The molecule has 0 saturated heterocycles. The molecule has 72 heavy (non-hydrogen) atoms. The highest BCUT2D eigenvalue weighted by atomic mass is 32.1. The number of aromatic nitrogens is 1. The first-order valence-corrected chi connectivity index (χ1v) is 27.7. The summed E-state index contributed by atoms with van der Waals surface area (Å²) in [4.78, 5) is 5.55. The van der Waals surface area contributed by atoms with Crippen LogP contribution in [0.25, 0.3) is 48.0 Å². The van der Waals surface area contributed by atoms with Gasteiger partial charge in [0.1, 0.15) is 0 Å². The average Bonchev–Trinajstić information content (AvgIpc) is 4.02. The fourth-order valence-corrected chi connectivity index (χ4v) is 16.0. The lowest BCUT2D eigenvalue weighted by atomic mass is 9.33. The lowest BCUT2D eigenvalue weighted by molar-refractivity contribution is 0.195. The number of anilines is 5. The Morgan fingerprint density at radius 1 is 0.528 bits per heavy atom. The monoisotopic (exact) mass is 958 g/mol. The number of thiophene rings is 1. The fourth-order valence-electron chi connectivity index (χ4n) is 14.8. The molecule has 3 nitrogen and oxygen atoms in total. The Morgan fingerprint density at radius 2 is 1.22 bits per heavy atom. The zero-order valence-electron chi connectivity index (χ0n) is 44.8. The average molecular weight is 958 g/mol. The van der Waals surface area contributed by atoms with Crippen molar-refractivity contribution in [3.05, 3.63) is 161 Å². The van der Waals surface area contributed by atoms with Gasteiger partial charge in [0.15, 0.2) is 0 Å². The summed E-state index contributed by atoms with van der Waals surface area (Å²) in [5.41, 5.74) is 24.4. The number of nitrogens with zero attached hydrogens (tertiary/aromatic N) is 3. The summed E-state index contributed by atoms with van der Waals surface area (Å²) in [5.74, 6) is 0. The van der Waals surface area contributed by atoms with E-state index in [1.807, 2.05) is 11.3 Å². The zero-order valence-corrected chi connectivity index (χ0v) is 45.6. The van der Waals surface area contributed by atoms with E-state index in [1.54, 1.807) is 0 Å². The van der Waals surface area contributed by atoms with Crippen LogP contribution in [-0.4, -0.2) is 16.8 Å². The Labute approximate surface area is 432 Å². The lowest BCUT2D eigenvalue weighted by Gasteiger charge is -2.50. The van der Waals surface area contributed by atoms with Gasteiger partial charge in [-0.25, -0.2) is 0 Å². The van der Waals surface area contributed by atoms with Crippen molar-refractivity contribution in [1.29, 1.82) is 0 Å². The number of hydrogen-bond acceptors (Lipinski definition) is 3. The molecule has 2 unspecified atom stereocenters. The molecule has 5 heteroatoms. The van der Waals surface area contributed by atoms with Crippen LogP contribution in [0, 0.1) is 0 Å². The minimum Gasteiger partial charge on any atom is -0.334 e. The van der Waals surface area contributed by atoms with Gasteiger partial charge in [0.2, 0.25) is 0 Å². The van der Waals surface area contributed by atoms with Crippen molar-refractivity contribution < 1.29 is 0 Å². The van der Waals surface area contributed by atoms with Crippen LogP contribution in [0.2, 0.25) is 0 Å². The van der Waals surface area contributed by atoms with Gasteiger partial charge in [-0.1, -0.05) is 169 Å². The molecule has 9 aromatic rings. The maximum absolute atomic E-state index is 2.81. The molecular weight excluding hydrogens is 890 g/mol.